The molecule has 0 aliphatic rings. The Kier molecular flexibility index (Phi) is 6.63. The smallest absolute Gasteiger partial charge is 0.234 e. The van der Waals surface area contributed by atoms with E-state index in [1.165, 1.54) is 0 Å². The lowest BCUT2D eigenvalue weighted by atomic mass is 10.0. The van der Waals surface area contributed by atoms with E-state index in [1.54, 1.807) is 0 Å². The minimum Gasteiger partial charge on any atom is -0.348 e. The molecule has 0 bridgehead atoms. The second kappa shape index (κ2) is 8.70. The first-order valence-electron chi connectivity index (χ1n) is 7.93. The highest BCUT2D eigenvalue weighted by atomic mass is 35.5. The van der Waals surface area contributed by atoms with E-state index in [0.29, 0.717) is 5.02 Å². The molecule has 0 saturated heterocycles. The second-order valence-corrected chi connectivity index (χ2v) is 6.03. The van der Waals surface area contributed by atoms with Crippen LogP contribution >= 0.6 is 11.6 Å². The monoisotopic (exact) mass is 330 g/mol. The summed E-state index contributed by atoms with van der Waals surface area (Å²) in [6, 6.07) is 17.8. The fourth-order valence-corrected chi connectivity index (χ4v) is 2.75. The van der Waals surface area contributed by atoms with E-state index in [9.17, 15) is 4.79 Å². The molecule has 0 aliphatic heterocycles. The summed E-state index contributed by atoms with van der Waals surface area (Å²) >= 11 is 6.04. The van der Waals surface area contributed by atoms with Gasteiger partial charge in [0.15, 0.2) is 0 Å². The predicted octanol–water partition coefficient (Wildman–Crippen LogP) is 4.26. The van der Waals surface area contributed by atoms with Crippen molar-refractivity contribution in [3.05, 3.63) is 70.7 Å². The fourth-order valence-electron chi connectivity index (χ4n) is 2.55. The van der Waals surface area contributed by atoms with Gasteiger partial charge in [0.2, 0.25) is 5.91 Å². The first kappa shape index (κ1) is 17.5. The molecule has 2 aromatic rings. The van der Waals surface area contributed by atoms with Gasteiger partial charge >= 0.3 is 0 Å². The number of carbonyl (C=O) groups is 1. The van der Waals surface area contributed by atoms with Crippen molar-refractivity contribution in [3.63, 3.8) is 0 Å². The summed E-state index contributed by atoms with van der Waals surface area (Å²) in [5.74, 6) is -0.0122. The number of rotatable bonds is 7. The summed E-state index contributed by atoms with van der Waals surface area (Å²) in [5.41, 5.74) is 2.20. The highest BCUT2D eigenvalue weighted by Gasteiger charge is 2.13. The summed E-state index contributed by atoms with van der Waals surface area (Å²) in [5, 5.41) is 7.02. The number of nitrogens with one attached hydrogen (secondary N) is 2. The zero-order valence-electron chi connectivity index (χ0n) is 13.6. The maximum Gasteiger partial charge on any atom is 0.234 e. The molecule has 2 rings (SSSR count). The lowest BCUT2D eigenvalue weighted by molar-refractivity contribution is -0.121. The molecule has 0 spiro atoms. The molecule has 2 N–H and O–H groups in total. The van der Waals surface area contributed by atoms with E-state index in [-0.39, 0.29) is 24.5 Å². The molecule has 0 aliphatic carbocycles. The van der Waals surface area contributed by atoms with Crippen molar-refractivity contribution in [2.75, 3.05) is 6.54 Å². The van der Waals surface area contributed by atoms with Crippen LogP contribution in [0, 0.1) is 0 Å². The summed E-state index contributed by atoms with van der Waals surface area (Å²) < 4.78 is 0. The average Bonchev–Trinajstić information content (AvgIpc) is 2.56. The van der Waals surface area contributed by atoms with Crippen LogP contribution in [-0.2, 0) is 4.79 Å². The molecule has 0 fully saturated rings. The molecule has 23 heavy (non-hydrogen) atoms. The largest absolute Gasteiger partial charge is 0.348 e. The number of hydrogen-bond acceptors (Lipinski definition) is 2. The SMILES string of the molecule is CCC(NCC(=O)NC(C)c1ccccc1)c1cccc(Cl)c1. The molecule has 0 aromatic heterocycles. The second-order valence-electron chi connectivity index (χ2n) is 5.60. The van der Waals surface area contributed by atoms with Gasteiger partial charge in [0.05, 0.1) is 12.6 Å². The maximum atomic E-state index is 12.1. The van der Waals surface area contributed by atoms with Gasteiger partial charge in [0.25, 0.3) is 0 Å². The number of carbonyl (C=O) groups excluding carboxylic acids is 1. The summed E-state index contributed by atoms with van der Waals surface area (Å²) in [6.45, 7) is 4.35. The Morgan fingerprint density at radius 2 is 1.78 bits per heavy atom. The third-order valence-corrected chi connectivity index (χ3v) is 4.08. The van der Waals surface area contributed by atoms with Crippen molar-refractivity contribution in [1.82, 2.24) is 10.6 Å². The molecular weight excluding hydrogens is 308 g/mol. The van der Waals surface area contributed by atoms with Crippen molar-refractivity contribution in [2.45, 2.75) is 32.4 Å². The minimum atomic E-state index is -0.0122. The number of hydrogen-bond donors (Lipinski definition) is 2. The van der Waals surface area contributed by atoms with E-state index in [2.05, 4.69) is 17.6 Å². The molecular formula is C19H23ClN2O. The molecule has 122 valence electrons. The van der Waals surface area contributed by atoms with E-state index < -0.39 is 0 Å². The summed E-state index contributed by atoms with van der Waals surface area (Å²) in [6.07, 6.45) is 0.891. The normalized spacial score (nSPS) is 13.3. The Morgan fingerprint density at radius 3 is 2.43 bits per heavy atom. The highest BCUT2D eigenvalue weighted by molar-refractivity contribution is 6.30. The molecule has 0 radical (unpaired) electrons. The average molecular weight is 331 g/mol. The van der Waals surface area contributed by atoms with Crippen molar-refractivity contribution >= 4 is 17.5 Å². The van der Waals surface area contributed by atoms with Crippen LogP contribution in [0.3, 0.4) is 0 Å². The van der Waals surface area contributed by atoms with Gasteiger partial charge < -0.3 is 10.6 Å². The first-order chi connectivity index (χ1) is 11.1. The molecule has 0 heterocycles. The van der Waals surface area contributed by atoms with Gasteiger partial charge in [0.1, 0.15) is 0 Å². The van der Waals surface area contributed by atoms with Crippen LogP contribution in [0.15, 0.2) is 54.6 Å². The number of amides is 1. The van der Waals surface area contributed by atoms with E-state index in [1.807, 2.05) is 61.5 Å². The maximum absolute atomic E-state index is 12.1. The van der Waals surface area contributed by atoms with Crippen LogP contribution in [0.4, 0.5) is 0 Å². The number of benzene rings is 2. The van der Waals surface area contributed by atoms with Crippen molar-refractivity contribution in [2.24, 2.45) is 0 Å². The van der Waals surface area contributed by atoms with Gasteiger partial charge in [-0.15, -0.1) is 0 Å². The zero-order chi connectivity index (χ0) is 16.7. The number of halogens is 1. The van der Waals surface area contributed by atoms with Gasteiger partial charge in [0, 0.05) is 11.1 Å². The van der Waals surface area contributed by atoms with Crippen LogP contribution < -0.4 is 10.6 Å². The van der Waals surface area contributed by atoms with Crippen LogP contribution in [-0.4, -0.2) is 12.5 Å². The topological polar surface area (TPSA) is 41.1 Å². The quantitative estimate of drug-likeness (QED) is 0.796. The third-order valence-electron chi connectivity index (χ3n) is 3.85. The minimum absolute atomic E-state index is 0.00301. The van der Waals surface area contributed by atoms with Crippen LogP contribution in [0.5, 0.6) is 0 Å². The van der Waals surface area contributed by atoms with E-state index >= 15 is 0 Å². The molecule has 2 unspecified atom stereocenters. The van der Waals surface area contributed by atoms with Crippen molar-refractivity contribution in [3.8, 4) is 0 Å². The van der Waals surface area contributed by atoms with Gasteiger partial charge in [-0.1, -0.05) is 61.0 Å². The Bertz CT molecular complexity index is 630. The van der Waals surface area contributed by atoms with Crippen LogP contribution in [0.2, 0.25) is 5.02 Å². The Hall–Kier alpha value is -1.84. The molecule has 2 atom stereocenters. The summed E-state index contributed by atoms with van der Waals surface area (Å²) in [4.78, 5) is 12.1. The van der Waals surface area contributed by atoms with Gasteiger partial charge in [-0.25, -0.2) is 0 Å². The zero-order valence-corrected chi connectivity index (χ0v) is 14.3. The Balaban J connectivity index is 1.87. The van der Waals surface area contributed by atoms with Crippen molar-refractivity contribution in [1.29, 1.82) is 0 Å². The molecule has 0 saturated carbocycles. The van der Waals surface area contributed by atoms with Crippen molar-refractivity contribution < 1.29 is 4.79 Å². The standard InChI is InChI=1S/C19H23ClN2O/c1-3-18(16-10-7-11-17(20)12-16)21-13-19(23)22-14(2)15-8-5-4-6-9-15/h4-12,14,18,21H,3,13H2,1-2H3,(H,22,23). The van der Waals surface area contributed by atoms with Gasteiger partial charge in [-0.05, 0) is 36.6 Å². The third kappa shape index (κ3) is 5.38. The van der Waals surface area contributed by atoms with Gasteiger partial charge in [-0.3, -0.25) is 4.79 Å². The fraction of sp³-hybridized carbons (Fsp3) is 0.316. The predicted molar refractivity (Wildman–Crippen MR) is 95.5 cm³/mol. The summed E-state index contributed by atoms with van der Waals surface area (Å²) in [7, 11) is 0. The lowest BCUT2D eigenvalue weighted by Crippen LogP contribution is -2.36. The molecule has 3 nitrogen and oxygen atoms in total. The van der Waals surface area contributed by atoms with Gasteiger partial charge in [-0.2, -0.15) is 0 Å². The molecule has 1 amide bonds. The lowest BCUT2D eigenvalue weighted by Gasteiger charge is -2.19. The highest BCUT2D eigenvalue weighted by Crippen LogP contribution is 2.20. The molecule has 4 heteroatoms. The van der Waals surface area contributed by atoms with E-state index in [4.69, 9.17) is 11.6 Å². The molecule has 2 aromatic carbocycles. The Labute approximate surface area is 143 Å². The van der Waals surface area contributed by atoms with E-state index in [0.717, 1.165) is 17.5 Å². The van der Waals surface area contributed by atoms with Crippen LogP contribution in [0.25, 0.3) is 0 Å². The Morgan fingerprint density at radius 1 is 1.09 bits per heavy atom. The van der Waals surface area contributed by atoms with Crippen LogP contribution in [0.1, 0.15) is 43.5 Å². The first-order valence-corrected chi connectivity index (χ1v) is 8.31.